The molecular formula is C19H23N. The number of aryl methyl sites for hydroxylation is 1. The SMILES string of the molecule is CCc1ccc(C2(CN)CCC2)cc1-c1ccccc1. The lowest BCUT2D eigenvalue weighted by molar-refractivity contribution is 0.253. The zero-order valence-electron chi connectivity index (χ0n) is 12.2. The summed E-state index contributed by atoms with van der Waals surface area (Å²) in [7, 11) is 0. The quantitative estimate of drug-likeness (QED) is 0.876. The van der Waals surface area contributed by atoms with Crippen LogP contribution in [-0.2, 0) is 11.8 Å². The van der Waals surface area contributed by atoms with Crippen molar-refractivity contribution in [3.8, 4) is 11.1 Å². The molecule has 0 saturated heterocycles. The second kappa shape index (κ2) is 5.41. The fourth-order valence-corrected chi connectivity index (χ4v) is 3.32. The Labute approximate surface area is 121 Å². The van der Waals surface area contributed by atoms with Crippen LogP contribution in [0.4, 0.5) is 0 Å². The first-order chi connectivity index (χ1) is 9.79. The molecule has 0 aromatic heterocycles. The van der Waals surface area contributed by atoms with Crippen LogP contribution in [0.25, 0.3) is 11.1 Å². The van der Waals surface area contributed by atoms with Gasteiger partial charge in [-0.2, -0.15) is 0 Å². The average Bonchev–Trinajstić information content (AvgIpc) is 2.47. The minimum atomic E-state index is 0.246. The molecule has 104 valence electrons. The lowest BCUT2D eigenvalue weighted by Gasteiger charge is -2.42. The van der Waals surface area contributed by atoms with Crippen molar-refractivity contribution in [2.45, 2.75) is 38.0 Å². The van der Waals surface area contributed by atoms with Gasteiger partial charge < -0.3 is 5.73 Å². The molecule has 2 aromatic carbocycles. The molecule has 20 heavy (non-hydrogen) atoms. The summed E-state index contributed by atoms with van der Waals surface area (Å²) in [4.78, 5) is 0. The van der Waals surface area contributed by atoms with E-state index in [2.05, 4.69) is 55.5 Å². The highest BCUT2D eigenvalue weighted by Crippen LogP contribution is 2.44. The van der Waals surface area contributed by atoms with E-state index in [4.69, 9.17) is 5.73 Å². The fourth-order valence-electron chi connectivity index (χ4n) is 3.32. The highest BCUT2D eigenvalue weighted by molar-refractivity contribution is 5.68. The monoisotopic (exact) mass is 265 g/mol. The molecule has 0 aliphatic heterocycles. The highest BCUT2D eigenvalue weighted by Gasteiger charge is 2.37. The fraction of sp³-hybridized carbons (Fsp3) is 0.368. The largest absolute Gasteiger partial charge is 0.330 e. The van der Waals surface area contributed by atoms with Crippen molar-refractivity contribution in [2.24, 2.45) is 5.73 Å². The zero-order chi connectivity index (χ0) is 14.0. The van der Waals surface area contributed by atoms with Crippen LogP contribution in [0.1, 0.15) is 37.3 Å². The van der Waals surface area contributed by atoms with Crippen LogP contribution in [0.15, 0.2) is 48.5 Å². The first kappa shape index (κ1) is 13.4. The van der Waals surface area contributed by atoms with Crippen molar-refractivity contribution < 1.29 is 0 Å². The van der Waals surface area contributed by atoms with Gasteiger partial charge in [-0.15, -0.1) is 0 Å². The maximum atomic E-state index is 6.06. The first-order valence-corrected chi connectivity index (χ1v) is 7.68. The molecule has 1 fully saturated rings. The Hall–Kier alpha value is -1.60. The normalized spacial score (nSPS) is 16.7. The third kappa shape index (κ3) is 2.16. The minimum Gasteiger partial charge on any atom is -0.330 e. The molecule has 1 aliphatic carbocycles. The number of hydrogen-bond donors (Lipinski definition) is 1. The van der Waals surface area contributed by atoms with Crippen molar-refractivity contribution in [1.82, 2.24) is 0 Å². The van der Waals surface area contributed by atoms with Crippen LogP contribution < -0.4 is 5.73 Å². The van der Waals surface area contributed by atoms with Crippen LogP contribution in [0.5, 0.6) is 0 Å². The van der Waals surface area contributed by atoms with E-state index in [1.807, 2.05) is 0 Å². The van der Waals surface area contributed by atoms with Crippen LogP contribution in [0.3, 0.4) is 0 Å². The molecule has 0 heterocycles. The van der Waals surface area contributed by atoms with E-state index in [1.165, 1.54) is 41.5 Å². The van der Waals surface area contributed by atoms with Gasteiger partial charge in [-0.05, 0) is 41.5 Å². The summed E-state index contributed by atoms with van der Waals surface area (Å²) in [5.41, 5.74) is 11.9. The van der Waals surface area contributed by atoms with E-state index in [0.717, 1.165) is 13.0 Å². The number of benzene rings is 2. The van der Waals surface area contributed by atoms with Crippen molar-refractivity contribution in [1.29, 1.82) is 0 Å². The van der Waals surface area contributed by atoms with Crippen LogP contribution in [0, 0.1) is 0 Å². The van der Waals surface area contributed by atoms with E-state index < -0.39 is 0 Å². The van der Waals surface area contributed by atoms with Gasteiger partial charge in [-0.1, -0.05) is 61.9 Å². The molecule has 1 aliphatic rings. The molecule has 1 saturated carbocycles. The number of nitrogens with two attached hydrogens (primary N) is 1. The molecule has 0 unspecified atom stereocenters. The van der Waals surface area contributed by atoms with E-state index in [0.29, 0.717) is 0 Å². The molecule has 1 heteroatoms. The van der Waals surface area contributed by atoms with Gasteiger partial charge in [0.2, 0.25) is 0 Å². The molecule has 0 spiro atoms. The summed E-state index contributed by atoms with van der Waals surface area (Å²) in [5.74, 6) is 0. The Bertz CT molecular complexity index is 576. The topological polar surface area (TPSA) is 26.0 Å². The molecule has 0 atom stereocenters. The van der Waals surface area contributed by atoms with Crippen LogP contribution >= 0.6 is 0 Å². The average molecular weight is 265 g/mol. The molecule has 0 bridgehead atoms. The molecule has 0 radical (unpaired) electrons. The van der Waals surface area contributed by atoms with Gasteiger partial charge in [0.05, 0.1) is 0 Å². The Morgan fingerprint density at radius 3 is 2.35 bits per heavy atom. The molecule has 1 nitrogen and oxygen atoms in total. The Morgan fingerprint density at radius 2 is 1.80 bits per heavy atom. The Morgan fingerprint density at radius 1 is 1.05 bits per heavy atom. The summed E-state index contributed by atoms with van der Waals surface area (Å²) in [6, 6.07) is 17.7. The highest BCUT2D eigenvalue weighted by atomic mass is 14.6. The van der Waals surface area contributed by atoms with Gasteiger partial charge in [0, 0.05) is 12.0 Å². The van der Waals surface area contributed by atoms with E-state index in [9.17, 15) is 0 Å². The van der Waals surface area contributed by atoms with Gasteiger partial charge in [0.25, 0.3) is 0 Å². The minimum absolute atomic E-state index is 0.246. The number of rotatable bonds is 4. The van der Waals surface area contributed by atoms with Crippen molar-refractivity contribution in [2.75, 3.05) is 6.54 Å². The Kier molecular flexibility index (Phi) is 3.62. The smallest absolute Gasteiger partial charge is 0.00758 e. The van der Waals surface area contributed by atoms with Gasteiger partial charge in [0.15, 0.2) is 0 Å². The zero-order valence-corrected chi connectivity index (χ0v) is 12.2. The number of hydrogen-bond acceptors (Lipinski definition) is 1. The van der Waals surface area contributed by atoms with Gasteiger partial charge >= 0.3 is 0 Å². The summed E-state index contributed by atoms with van der Waals surface area (Å²) in [6.45, 7) is 3.00. The summed E-state index contributed by atoms with van der Waals surface area (Å²) in [5, 5.41) is 0. The summed E-state index contributed by atoms with van der Waals surface area (Å²) < 4.78 is 0. The molecule has 0 amide bonds. The predicted octanol–water partition coefficient (Wildman–Crippen LogP) is 4.30. The van der Waals surface area contributed by atoms with E-state index in [1.54, 1.807) is 0 Å². The van der Waals surface area contributed by atoms with Gasteiger partial charge in [-0.3, -0.25) is 0 Å². The lowest BCUT2D eigenvalue weighted by Crippen LogP contribution is -2.41. The summed E-state index contributed by atoms with van der Waals surface area (Å²) in [6.07, 6.45) is 4.86. The molecule has 3 rings (SSSR count). The Balaban J connectivity index is 2.08. The van der Waals surface area contributed by atoms with E-state index >= 15 is 0 Å². The van der Waals surface area contributed by atoms with Crippen LogP contribution in [-0.4, -0.2) is 6.54 Å². The maximum Gasteiger partial charge on any atom is 0.00758 e. The van der Waals surface area contributed by atoms with Gasteiger partial charge in [-0.25, -0.2) is 0 Å². The van der Waals surface area contributed by atoms with Crippen molar-refractivity contribution in [3.63, 3.8) is 0 Å². The first-order valence-electron chi connectivity index (χ1n) is 7.68. The second-order valence-electron chi connectivity index (χ2n) is 5.93. The molecular weight excluding hydrogens is 242 g/mol. The lowest BCUT2D eigenvalue weighted by atomic mass is 9.64. The summed E-state index contributed by atoms with van der Waals surface area (Å²) >= 11 is 0. The van der Waals surface area contributed by atoms with Crippen molar-refractivity contribution >= 4 is 0 Å². The predicted molar refractivity (Wildman–Crippen MR) is 85.8 cm³/mol. The maximum absolute atomic E-state index is 6.06. The third-order valence-electron chi connectivity index (χ3n) is 4.89. The van der Waals surface area contributed by atoms with E-state index in [-0.39, 0.29) is 5.41 Å². The molecule has 2 aromatic rings. The third-order valence-corrected chi connectivity index (χ3v) is 4.89. The van der Waals surface area contributed by atoms with Crippen molar-refractivity contribution in [3.05, 3.63) is 59.7 Å². The molecule has 2 N–H and O–H groups in total. The second-order valence-corrected chi connectivity index (χ2v) is 5.93. The van der Waals surface area contributed by atoms with Gasteiger partial charge in [0.1, 0.15) is 0 Å². The van der Waals surface area contributed by atoms with Crippen LogP contribution in [0.2, 0.25) is 0 Å². The standard InChI is InChI=1S/C19H23N/c1-2-15-9-10-17(19(14-20)11-6-12-19)13-18(15)16-7-4-3-5-8-16/h3-5,7-10,13H,2,6,11-12,14,20H2,1H3.